The number of hydrogen-bond acceptors (Lipinski definition) is 3. The Balaban J connectivity index is 1.93. The minimum absolute atomic E-state index is 0.0682. The number of benzene rings is 1. The second-order valence-corrected chi connectivity index (χ2v) is 7.72. The molecule has 3 aliphatic heterocycles. The van der Waals surface area contributed by atoms with Crippen LogP contribution in [0.3, 0.4) is 0 Å². The van der Waals surface area contributed by atoms with Crippen molar-refractivity contribution in [2.75, 3.05) is 13.2 Å². The highest BCUT2D eigenvalue weighted by Crippen LogP contribution is 2.55. The summed E-state index contributed by atoms with van der Waals surface area (Å²) in [4.78, 5) is 0. The summed E-state index contributed by atoms with van der Waals surface area (Å²) >= 11 is 3.44. The smallest absolute Gasteiger partial charge is 0.312 e. The van der Waals surface area contributed by atoms with Crippen LogP contribution >= 0.6 is 15.9 Å². The van der Waals surface area contributed by atoms with Gasteiger partial charge in [-0.05, 0) is 36.6 Å². The zero-order chi connectivity index (χ0) is 14.6. The van der Waals surface area contributed by atoms with Crippen molar-refractivity contribution in [3.8, 4) is 0 Å². The molecule has 1 aromatic rings. The van der Waals surface area contributed by atoms with Gasteiger partial charge in [-0.1, -0.05) is 36.7 Å². The van der Waals surface area contributed by atoms with Gasteiger partial charge in [-0.3, -0.25) is 0 Å². The first-order valence-electron chi connectivity index (χ1n) is 7.01. The second kappa shape index (κ2) is 4.54. The molecule has 4 rings (SSSR count). The molecule has 110 valence electrons. The van der Waals surface area contributed by atoms with Gasteiger partial charge >= 0.3 is 5.97 Å². The second-order valence-electron chi connectivity index (χ2n) is 6.81. The molecule has 3 nitrogen and oxygen atoms in total. The van der Waals surface area contributed by atoms with Crippen molar-refractivity contribution in [3.05, 3.63) is 34.3 Å². The van der Waals surface area contributed by atoms with Crippen LogP contribution in [0.15, 0.2) is 28.7 Å². The zero-order valence-electron chi connectivity index (χ0n) is 12.4. The molecular weight excluding hydrogens is 320 g/mol. The van der Waals surface area contributed by atoms with Gasteiger partial charge in [0.1, 0.15) is 0 Å². The van der Waals surface area contributed by atoms with Crippen LogP contribution in [0.25, 0.3) is 0 Å². The Morgan fingerprint density at radius 1 is 1.10 bits per heavy atom. The van der Waals surface area contributed by atoms with Gasteiger partial charge < -0.3 is 14.2 Å². The van der Waals surface area contributed by atoms with Crippen LogP contribution in [-0.2, 0) is 20.2 Å². The normalized spacial score (nSPS) is 37.1. The first kappa shape index (κ1) is 14.5. The molecule has 0 aromatic heterocycles. The maximum absolute atomic E-state index is 6.17. The van der Waals surface area contributed by atoms with Crippen LogP contribution in [0.1, 0.15) is 33.3 Å². The molecular formula is C16H21BrO3. The van der Waals surface area contributed by atoms with E-state index in [9.17, 15) is 0 Å². The Kier molecular flexibility index (Phi) is 3.29. The maximum Gasteiger partial charge on any atom is 0.312 e. The summed E-state index contributed by atoms with van der Waals surface area (Å²) < 4.78 is 19.3. The van der Waals surface area contributed by atoms with Gasteiger partial charge in [0, 0.05) is 15.5 Å². The Hall–Kier alpha value is -0.420. The fourth-order valence-corrected chi connectivity index (χ4v) is 3.38. The van der Waals surface area contributed by atoms with Gasteiger partial charge in [0.05, 0.1) is 19.3 Å². The van der Waals surface area contributed by atoms with E-state index in [1.54, 1.807) is 0 Å². The lowest BCUT2D eigenvalue weighted by Crippen LogP contribution is -2.66. The van der Waals surface area contributed by atoms with Gasteiger partial charge in [-0.15, -0.1) is 0 Å². The molecule has 1 aromatic carbocycles. The first-order valence-corrected chi connectivity index (χ1v) is 7.80. The monoisotopic (exact) mass is 340 g/mol. The van der Waals surface area contributed by atoms with Crippen LogP contribution in [0.2, 0.25) is 0 Å². The average molecular weight is 341 g/mol. The van der Waals surface area contributed by atoms with Crippen molar-refractivity contribution in [3.63, 3.8) is 0 Å². The lowest BCUT2D eigenvalue weighted by molar-refractivity contribution is -0.507. The highest BCUT2D eigenvalue weighted by atomic mass is 79.9. The van der Waals surface area contributed by atoms with E-state index in [2.05, 4.69) is 43.6 Å². The molecule has 1 unspecified atom stereocenters. The van der Waals surface area contributed by atoms with Gasteiger partial charge in [0.25, 0.3) is 0 Å². The van der Waals surface area contributed by atoms with Crippen molar-refractivity contribution in [2.45, 2.75) is 39.8 Å². The van der Waals surface area contributed by atoms with Gasteiger partial charge in [-0.25, -0.2) is 0 Å². The van der Waals surface area contributed by atoms with E-state index in [1.165, 1.54) is 0 Å². The molecule has 3 saturated heterocycles. The zero-order valence-corrected chi connectivity index (χ0v) is 14.0. The average Bonchev–Trinajstić information content (AvgIpc) is 2.39. The highest BCUT2D eigenvalue weighted by Gasteiger charge is 2.61. The minimum atomic E-state index is -1.03. The third-order valence-corrected chi connectivity index (χ3v) is 5.37. The third kappa shape index (κ3) is 1.97. The summed E-state index contributed by atoms with van der Waals surface area (Å²) in [6.45, 7) is 10.1. The number of hydrogen-bond donors (Lipinski definition) is 0. The molecule has 0 saturated carbocycles. The lowest BCUT2D eigenvalue weighted by Gasteiger charge is -2.60. The summed E-state index contributed by atoms with van der Waals surface area (Å²) in [5.41, 5.74) is 0.887. The Bertz CT molecular complexity index is 495. The molecule has 20 heavy (non-hydrogen) atoms. The lowest BCUT2D eigenvalue weighted by atomic mass is 9.63. The Morgan fingerprint density at radius 2 is 1.65 bits per heavy atom. The predicted molar refractivity (Wildman–Crippen MR) is 80.2 cm³/mol. The van der Waals surface area contributed by atoms with E-state index < -0.39 is 5.97 Å². The summed E-state index contributed by atoms with van der Waals surface area (Å²) in [7, 11) is 0. The Morgan fingerprint density at radius 3 is 2.10 bits per heavy atom. The predicted octanol–water partition coefficient (Wildman–Crippen LogP) is 4.06. The van der Waals surface area contributed by atoms with Crippen LogP contribution < -0.4 is 0 Å². The minimum Gasteiger partial charge on any atom is -0.323 e. The van der Waals surface area contributed by atoms with Crippen LogP contribution in [0.5, 0.6) is 0 Å². The van der Waals surface area contributed by atoms with E-state index in [0.717, 1.165) is 10.0 Å². The maximum atomic E-state index is 6.17. The van der Waals surface area contributed by atoms with Crippen molar-refractivity contribution < 1.29 is 14.2 Å². The molecule has 3 aliphatic rings. The third-order valence-electron chi connectivity index (χ3n) is 4.84. The van der Waals surface area contributed by atoms with Gasteiger partial charge in [-0.2, -0.15) is 0 Å². The van der Waals surface area contributed by atoms with E-state index in [4.69, 9.17) is 14.2 Å². The molecule has 1 atom stereocenters. The fourth-order valence-electron chi connectivity index (χ4n) is 3.11. The molecule has 2 bridgehead atoms. The molecule has 0 spiro atoms. The molecule has 0 N–H and O–H groups in total. The van der Waals surface area contributed by atoms with Crippen molar-refractivity contribution in [1.29, 1.82) is 0 Å². The molecule has 0 aliphatic carbocycles. The van der Waals surface area contributed by atoms with E-state index in [1.807, 2.05) is 24.3 Å². The molecule has 0 radical (unpaired) electrons. The van der Waals surface area contributed by atoms with E-state index in [-0.39, 0.29) is 16.9 Å². The summed E-state index contributed by atoms with van der Waals surface area (Å²) in [5.74, 6) is -1.03. The van der Waals surface area contributed by atoms with Gasteiger partial charge in [0.15, 0.2) is 0 Å². The quantitative estimate of drug-likeness (QED) is 0.771. The highest BCUT2D eigenvalue weighted by molar-refractivity contribution is 9.10. The molecule has 0 amide bonds. The largest absolute Gasteiger partial charge is 0.323 e. The number of rotatable bonds is 1. The topological polar surface area (TPSA) is 27.7 Å². The van der Waals surface area contributed by atoms with Crippen molar-refractivity contribution >= 4 is 15.9 Å². The summed E-state index contributed by atoms with van der Waals surface area (Å²) in [5, 5.41) is 0. The first-order chi connectivity index (χ1) is 9.29. The molecule has 4 heteroatoms. The van der Waals surface area contributed by atoms with E-state index in [0.29, 0.717) is 13.2 Å². The van der Waals surface area contributed by atoms with Crippen molar-refractivity contribution in [2.24, 2.45) is 10.8 Å². The number of halogens is 1. The fraction of sp³-hybridized carbons (Fsp3) is 0.625. The van der Waals surface area contributed by atoms with Crippen LogP contribution in [0.4, 0.5) is 0 Å². The summed E-state index contributed by atoms with van der Waals surface area (Å²) in [6, 6.07) is 7.91. The van der Waals surface area contributed by atoms with Crippen molar-refractivity contribution in [1.82, 2.24) is 0 Å². The van der Waals surface area contributed by atoms with Crippen LogP contribution in [0, 0.1) is 10.8 Å². The Labute approximate surface area is 128 Å². The number of ether oxygens (including phenoxy) is 3. The summed E-state index contributed by atoms with van der Waals surface area (Å²) in [6.07, 6.45) is 0.0913. The van der Waals surface area contributed by atoms with Crippen LogP contribution in [-0.4, -0.2) is 19.3 Å². The van der Waals surface area contributed by atoms with Gasteiger partial charge in [0.2, 0.25) is 0 Å². The SMILES string of the molecule is CC1OC2(c3ccc(Br)cc3)OCC1(C(C)(C)C)CO2. The molecule has 3 heterocycles. The molecule has 3 fully saturated rings. The standard InChI is InChI=1S/C16H21BrO3/c1-11-15(14(2,3)4)9-18-16(20-11,19-10-15)12-5-7-13(17)8-6-12/h5-8,11H,9-10H2,1-4H3. The van der Waals surface area contributed by atoms with E-state index >= 15 is 0 Å². The number of fused-ring (bicyclic) bond motifs is 3.